The largest absolute Gasteiger partial charge is 2.00 e. The number of nitrogens with zero attached hydrogens (tertiary/aromatic N) is 3. The molecule has 200 valence electrons. The zero-order valence-electron chi connectivity index (χ0n) is 23.0. The number of hydrogen-bond acceptors (Lipinski definition) is 3. The minimum absolute atomic E-state index is 0. The average molecular weight is 637 g/mol. The Morgan fingerprint density at radius 2 is 0.949 bits per heavy atom. The number of benzene rings is 4. The van der Waals surface area contributed by atoms with Crippen molar-refractivity contribution in [3.05, 3.63) is 133 Å². The molecule has 0 unspecified atom stereocenters. The molecule has 9 rings (SSSR count). The van der Waals surface area contributed by atoms with Gasteiger partial charge in [0.15, 0.2) is 0 Å². The summed E-state index contributed by atoms with van der Waals surface area (Å²) in [6.45, 7) is 3.74. The van der Waals surface area contributed by atoms with E-state index in [-0.39, 0.29) is 20.9 Å². The van der Waals surface area contributed by atoms with Crippen LogP contribution in [0.25, 0.3) is 10.8 Å². The zero-order valence-corrected chi connectivity index (χ0v) is 25.6. The van der Waals surface area contributed by atoms with Crippen molar-refractivity contribution in [1.29, 1.82) is 0 Å². The van der Waals surface area contributed by atoms with E-state index in [1.807, 2.05) is 0 Å². The van der Waals surface area contributed by atoms with Crippen LogP contribution in [0.3, 0.4) is 0 Å². The standard InChI is InChI=1S/C18H15P.C9H7.C6H12N3P.Ru.H/c1-4-10-16(11-5-1)19(17-12-6-2-7-13-17)18-14-8-3-9-15-18;1-2-5-9-7-3-6-8(9)4-1;1-7-2-9-3-8(1)5-10(4-7)6-9;;/h1-15H;1-7H;1-6H2;;/q;-1;;+2;-1. The van der Waals surface area contributed by atoms with Crippen LogP contribution in [0.5, 0.6) is 0 Å². The smallest absolute Gasteiger partial charge is 1.00 e. The predicted molar refractivity (Wildman–Crippen MR) is 167 cm³/mol. The van der Waals surface area contributed by atoms with Crippen LogP contribution in [0.4, 0.5) is 0 Å². The summed E-state index contributed by atoms with van der Waals surface area (Å²) >= 11 is 0. The molecule has 5 aromatic rings. The molecule has 4 heterocycles. The monoisotopic (exact) mass is 637 g/mol. The fourth-order valence-electron chi connectivity index (χ4n) is 5.48. The summed E-state index contributed by atoms with van der Waals surface area (Å²) < 4.78 is 0. The SMILES string of the molecule is C1N2CN3CN1CP(C2)C3.[H-].[Ru+2].c1ccc(P(c2ccccc2)c2ccccc2)cc1.c1ccc2[cH-]ccc2c1. The molecule has 6 heteroatoms. The second-order valence-corrected chi connectivity index (χ2v) is 14.4. The molecule has 4 saturated heterocycles. The van der Waals surface area contributed by atoms with Gasteiger partial charge in [0.2, 0.25) is 0 Å². The van der Waals surface area contributed by atoms with Crippen LogP contribution < -0.4 is 15.9 Å². The van der Waals surface area contributed by atoms with Crippen LogP contribution in [0.2, 0.25) is 0 Å². The van der Waals surface area contributed by atoms with E-state index in [9.17, 15) is 0 Å². The Bertz CT molecular complexity index is 1240. The Morgan fingerprint density at radius 3 is 1.36 bits per heavy atom. The first-order chi connectivity index (χ1) is 18.8. The van der Waals surface area contributed by atoms with Crippen LogP contribution >= 0.6 is 15.8 Å². The maximum Gasteiger partial charge on any atom is 2.00 e. The van der Waals surface area contributed by atoms with Crippen molar-refractivity contribution in [3.63, 3.8) is 0 Å². The minimum atomic E-state index is -0.446. The molecule has 4 fully saturated rings. The Labute approximate surface area is 249 Å². The molecule has 3 nitrogen and oxygen atoms in total. The maximum absolute atomic E-state index is 2.57. The van der Waals surface area contributed by atoms with Gasteiger partial charge in [0.1, 0.15) is 0 Å². The summed E-state index contributed by atoms with van der Waals surface area (Å²) in [4.78, 5) is 7.71. The van der Waals surface area contributed by atoms with Crippen LogP contribution in [-0.4, -0.2) is 53.6 Å². The van der Waals surface area contributed by atoms with E-state index in [2.05, 4.69) is 148 Å². The fraction of sp³-hybridized carbons (Fsp3) is 0.182. The first kappa shape index (κ1) is 28.4. The average Bonchev–Trinajstić information content (AvgIpc) is 3.44. The van der Waals surface area contributed by atoms with E-state index in [4.69, 9.17) is 0 Å². The molecule has 4 aliphatic rings. The van der Waals surface area contributed by atoms with Gasteiger partial charge in [0.25, 0.3) is 0 Å². The third-order valence-electron chi connectivity index (χ3n) is 6.99. The third-order valence-corrected chi connectivity index (χ3v) is 11.8. The number of hydrogen-bond donors (Lipinski definition) is 0. The first-order valence-electron chi connectivity index (χ1n) is 13.3. The van der Waals surface area contributed by atoms with Crippen molar-refractivity contribution in [2.45, 2.75) is 0 Å². The van der Waals surface area contributed by atoms with Gasteiger partial charge in [-0.25, -0.2) is 0 Å². The van der Waals surface area contributed by atoms with E-state index in [0.29, 0.717) is 7.92 Å². The van der Waals surface area contributed by atoms with E-state index in [1.165, 1.54) is 65.5 Å². The number of fused-ring (bicyclic) bond motifs is 1. The van der Waals surface area contributed by atoms with Crippen molar-refractivity contribution in [1.82, 2.24) is 14.7 Å². The first-order valence-corrected chi connectivity index (χ1v) is 16.5. The van der Waals surface area contributed by atoms with Gasteiger partial charge in [-0.15, -0.1) is 29.7 Å². The summed E-state index contributed by atoms with van der Waals surface area (Å²) in [6.07, 6.45) is 4.26. The van der Waals surface area contributed by atoms with Gasteiger partial charge in [-0.2, -0.15) is 17.5 Å². The molecule has 0 radical (unpaired) electrons. The van der Waals surface area contributed by atoms with Crippen molar-refractivity contribution in [2.24, 2.45) is 0 Å². The topological polar surface area (TPSA) is 9.72 Å². The van der Waals surface area contributed by atoms with Crippen LogP contribution in [0.15, 0.2) is 133 Å². The molecule has 0 amide bonds. The quantitative estimate of drug-likeness (QED) is 0.131. The molecular formula is C33H35N3P2Ru. The van der Waals surface area contributed by atoms with Gasteiger partial charge >= 0.3 is 19.5 Å². The molecule has 0 atom stereocenters. The van der Waals surface area contributed by atoms with Crippen molar-refractivity contribution < 1.29 is 20.9 Å². The molecular weight excluding hydrogens is 601 g/mol. The minimum Gasteiger partial charge on any atom is -1.00 e. The molecule has 0 saturated carbocycles. The van der Waals surface area contributed by atoms with E-state index < -0.39 is 7.92 Å². The van der Waals surface area contributed by atoms with Gasteiger partial charge in [-0.3, -0.25) is 14.7 Å². The van der Waals surface area contributed by atoms with Crippen molar-refractivity contribution >= 4 is 42.5 Å². The number of rotatable bonds is 3. The predicted octanol–water partition coefficient (Wildman–Crippen LogP) is 6.27. The molecule has 39 heavy (non-hydrogen) atoms. The molecule has 0 aliphatic carbocycles. The maximum atomic E-state index is 2.57. The molecule has 4 aliphatic heterocycles. The Balaban J connectivity index is 0.000000148. The van der Waals surface area contributed by atoms with Crippen LogP contribution in [0, 0.1) is 0 Å². The summed E-state index contributed by atoms with van der Waals surface area (Å²) in [6, 6.07) is 47.0. The van der Waals surface area contributed by atoms with Crippen molar-refractivity contribution in [3.8, 4) is 0 Å². The third kappa shape index (κ3) is 7.33. The molecule has 0 aromatic heterocycles. The van der Waals surface area contributed by atoms with Gasteiger partial charge < -0.3 is 1.43 Å². The summed E-state index contributed by atoms with van der Waals surface area (Å²) in [5, 5.41) is 6.86. The van der Waals surface area contributed by atoms with E-state index in [1.54, 1.807) is 0 Å². The van der Waals surface area contributed by atoms with Crippen LogP contribution in [0.1, 0.15) is 1.43 Å². The summed E-state index contributed by atoms with van der Waals surface area (Å²) in [5.41, 5.74) is 0. The molecule has 5 aromatic carbocycles. The van der Waals surface area contributed by atoms with Gasteiger partial charge in [0, 0.05) is 18.9 Å². The van der Waals surface area contributed by atoms with Gasteiger partial charge in [-0.1, -0.05) is 105 Å². The summed E-state index contributed by atoms with van der Waals surface area (Å²) in [7, 11) is -0.0799. The van der Waals surface area contributed by atoms with Crippen molar-refractivity contribution in [2.75, 3.05) is 38.9 Å². The second kappa shape index (κ2) is 14.0. The Morgan fingerprint density at radius 1 is 0.538 bits per heavy atom. The fourth-order valence-corrected chi connectivity index (χ4v) is 10.3. The Kier molecular flexibility index (Phi) is 10.2. The normalized spacial score (nSPS) is 22.3. The second-order valence-electron chi connectivity index (χ2n) is 10.0. The summed E-state index contributed by atoms with van der Waals surface area (Å²) in [5.74, 6) is 0. The van der Waals surface area contributed by atoms with Gasteiger partial charge in [-0.05, 0) is 23.8 Å². The molecule has 4 bridgehead atoms. The van der Waals surface area contributed by atoms with E-state index >= 15 is 0 Å². The molecule has 0 N–H and O–H groups in total. The zero-order chi connectivity index (χ0) is 25.6. The van der Waals surface area contributed by atoms with Gasteiger partial charge in [0.05, 0.1) is 20.0 Å². The van der Waals surface area contributed by atoms with Crippen LogP contribution in [-0.2, 0) is 19.5 Å². The van der Waals surface area contributed by atoms with E-state index in [0.717, 1.165) is 0 Å². The Hall–Kier alpha value is -2.15. The molecule has 0 spiro atoms.